The van der Waals surface area contributed by atoms with Crippen LogP contribution in [0.5, 0.6) is 0 Å². The van der Waals surface area contributed by atoms with E-state index in [1.807, 2.05) is 20.8 Å². The molecule has 5 heteroatoms. The number of carbonyl (C=O) groups is 1. The molecule has 0 aromatic rings. The fourth-order valence-corrected chi connectivity index (χ4v) is 3.16. The number of amides is 1. The van der Waals surface area contributed by atoms with Gasteiger partial charge in [-0.2, -0.15) is 0 Å². The Bertz CT molecular complexity index is 342. The van der Waals surface area contributed by atoms with Gasteiger partial charge >= 0.3 is 6.09 Å². The summed E-state index contributed by atoms with van der Waals surface area (Å²) in [5, 5.41) is 0. The van der Waals surface area contributed by atoms with Gasteiger partial charge in [0.1, 0.15) is 5.60 Å². The van der Waals surface area contributed by atoms with Crippen molar-refractivity contribution < 1.29 is 14.3 Å². The Balaban J connectivity index is 1.57. The van der Waals surface area contributed by atoms with E-state index in [4.69, 9.17) is 15.2 Å². The summed E-state index contributed by atoms with van der Waals surface area (Å²) in [5.41, 5.74) is 6.04. The Morgan fingerprint density at radius 3 is 2.37 bits per heavy atom. The van der Waals surface area contributed by atoms with E-state index in [0.29, 0.717) is 18.6 Å². The van der Waals surface area contributed by atoms with Crippen molar-refractivity contribution >= 4 is 6.09 Å². The molecular weight excluding hydrogens is 244 g/mol. The molecule has 19 heavy (non-hydrogen) atoms. The summed E-state index contributed by atoms with van der Waals surface area (Å²) in [6.45, 7) is 7.46. The third-order valence-corrected chi connectivity index (χ3v) is 3.87. The molecule has 3 aliphatic rings. The zero-order valence-electron chi connectivity index (χ0n) is 12.5. The molecule has 110 valence electrons. The molecule has 0 aromatic carbocycles. The van der Waals surface area contributed by atoms with E-state index in [2.05, 4.69) is 0 Å². The van der Waals surface area contributed by atoms with Gasteiger partial charge in [-0.15, -0.1) is 0 Å². The summed E-state index contributed by atoms with van der Waals surface area (Å²) < 4.78 is 10.9. The minimum absolute atomic E-state index is 0.136. The first-order valence-electron chi connectivity index (χ1n) is 6.94. The van der Waals surface area contributed by atoms with Crippen molar-refractivity contribution in [2.24, 2.45) is 11.1 Å². The maximum absolute atomic E-state index is 11.7. The zero-order chi connectivity index (χ0) is 14.3. The van der Waals surface area contributed by atoms with Crippen LogP contribution in [-0.4, -0.2) is 48.9 Å². The van der Waals surface area contributed by atoms with Crippen molar-refractivity contribution in [2.75, 3.05) is 26.8 Å². The highest BCUT2D eigenvalue weighted by Crippen LogP contribution is 2.65. The van der Waals surface area contributed by atoms with Gasteiger partial charge in [-0.3, -0.25) is 0 Å². The van der Waals surface area contributed by atoms with Gasteiger partial charge in [0, 0.05) is 19.1 Å². The maximum atomic E-state index is 11.7. The van der Waals surface area contributed by atoms with Gasteiger partial charge in [-0.25, -0.2) is 4.79 Å². The molecule has 0 saturated heterocycles. The van der Waals surface area contributed by atoms with Gasteiger partial charge in [0.25, 0.3) is 0 Å². The van der Waals surface area contributed by atoms with E-state index in [1.165, 1.54) is 0 Å². The average molecular weight is 270 g/mol. The quantitative estimate of drug-likeness (QED) is 0.773. The van der Waals surface area contributed by atoms with Crippen molar-refractivity contribution in [1.82, 2.24) is 4.90 Å². The molecule has 0 unspecified atom stereocenters. The lowest BCUT2D eigenvalue weighted by molar-refractivity contribution is -0.172. The number of carbonyl (C=O) groups excluding carboxylic acids is 1. The molecule has 2 N–H and O–H groups in total. The molecule has 0 radical (unpaired) electrons. The van der Waals surface area contributed by atoms with Crippen molar-refractivity contribution in [3.05, 3.63) is 0 Å². The second kappa shape index (κ2) is 4.63. The standard InChI is InChI=1S/C14H26N2O3/c1-12(2,3)19-11(17)16(4)5-6-18-10-13-7-14(15,8-13)9-13/h5-10,15H2,1-4H3. The number of likely N-dealkylation sites (N-methyl/N-ethyl adjacent to an activating group) is 1. The fraction of sp³-hybridized carbons (Fsp3) is 0.929. The molecule has 2 bridgehead atoms. The topological polar surface area (TPSA) is 64.8 Å². The molecule has 0 heterocycles. The molecule has 3 saturated carbocycles. The number of nitrogens with two attached hydrogens (primary N) is 1. The van der Waals surface area contributed by atoms with E-state index < -0.39 is 5.60 Å². The van der Waals surface area contributed by atoms with Crippen LogP contribution in [0.2, 0.25) is 0 Å². The zero-order valence-corrected chi connectivity index (χ0v) is 12.5. The van der Waals surface area contributed by atoms with E-state index in [1.54, 1.807) is 11.9 Å². The van der Waals surface area contributed by atoms with Crippen molar-refractivity contribution in [2.45, 2.75) is 51.2 Å². The second-order valence-electron chi connectivity index (χ2n) is 7.35. The van der Waals surface area contributed by atoms with Crippen LogP contribution in [0.15, 0.2) is 0 Å². The normalized spacial score (nSPS) is 32.3. The molecule has 0 aliphatic heterocycles. The van der Waals surface area contributed by atoms with E-state index in [9.17, 15) is 4.79 Å². The van der Waals surface area contributed by atoms with Gasteiger partial charge in [-0.1, -0.05) is 0 Å². The lowest BCUT2D eigenvalue weighted by Gasteiger charge is -2.68. The van der Waals surface area contributed by atoms with Crippen LogP contribution in [-0.2, 0) is 9.47 Å². The number of ether oxygens (including phenoxy) is 2. The Kier molecular flexibility index (Phi) is 3.56. The first-order valence-corrected chi connectivity index (χ1v) is 6.94. The summed E-state index contributed by atoms with van der Waals surface area (Å²) in [5.74, 6) is 0. The van der Waals surface area contributed by atoms with Crippen LogP contribution in [0.1, 0.15) is 40.0 Å². The molecule has 3 fully saturated rings. The highest BCUT2D eigenvalue weighted by molar-refractivity contribution is 5.67. The molecular formula is C14H26N2O3. The summed E-state index contributed by atoms with van der Waals surface area (Å²) in [4.78, 5) is 13.3. The highest BCUT2D eigenvalue weighted by atomic mass is 16.6. The van der Waals surface area contributed by atoms with Gasteiger partial charge < -0.3 is 20.1 Å². The van der Waals surface area contributed by atoms with Crippen molar-refractivity contribution in [3.8, 4) is 0 Å². The predicted molar refractivity (Wildman–Crippen MR) is 72.9 cm³/mol. The van der Waals surface area contributed by atoms with Gasteiger partial charge in [-0.05, 0) is 45.4 Å². The first-order chi connectivity index (χ1) is 8.63. The van der Waals surface area contributed by atoms with Crippen LogP contribution in [0, 0.1) is 5.41 Å². The average Bonchev–Trinajstić information content (AvgIpc) is 2.16. The van der Waals surface area contributed by atoms with E-state index in [0.717, 1.165) is 25.9 Å². The minimum Gasteiger partial charge on any atom is -0.444 e. The minimum atomic E-state index is -0.451. The molecule has 1 amide bonds. The van der Waals surface area contributed by atoms with Gasteiger partial charge in [0.2, 0.25) is 0 Å². The SMILES string of the molecule is CN(CCOCC12CC(N)(C1)C2)C(=O)OC(C)(C)C. The van der Waals surface area contributed by atoms with Crippen molar-refractivity contribution in [1.29, 1.82) is 0 Å². The summed E-state index contributed by atoms with van der Waals surface area (Å²) in [7, 11) is 1.73. The Hall–Kier alpha value is -0.810. The molecule has 0 spiro atoms. The van der Waals surface area contributed by atoms with Gasteiger partial charge in [0.15, 0.2) is 0 Å². The largest absolute Gasteiger partial charge is 0.444 e. The van der Waals surface area contributed by atoms with Gasteiger partial charge in [0.05, 0.1) is 13.2 Å². The molecule has 3 rings (SSSR count). The van der Waals surface area contributed by atoms with E-state index in [-0.39, 0.29) is 11.6 Å². The lowest BCUT2D eigenvalue weighted by atomic mass is 9.40. The Morgan fingerprint density at radius 1 is 1.32 bits per heavy atom. The highest BCUT2D eigenvalue weighted by Gasteiger charge is 2.65. The number of rotatable bonds is 5. The van der Waals surface area contributed by atoms with Crippen LogP contribution >= 0.6 is 0 Å². The predicted octanol–water partition coefficient (Wildman–Crippen LogP) is 1.75. The Labute approximate surface area is 115 Å². The maximum Gasteiger partial charge on any atom is 0.410 e. The summed E-state index contributed by atoms with van der Waals surface area (Å²) in [6, 6.07) is 0. The van der Waals surface area contributed by atoms with E-state index >= 15 is 0 Å². The van der Waals surface area contributed by atoms with Crippen LogP contribution < -0.4 is 5.73 Å². The second-order valence-corrected chi connectivity index (χ2v) is 7.35. The third-order valence-electron chi connectivity index (χ3n) is 3.87. The number of hydrogen-bond acceptors (Lipinski definition) is 4. The molecule has 5 nitrogen and oxygen atoms in total. The summed E-state index contributed by atoms with van der Waals surface area (Å²) in [6.07, 6.45) is 2.99. The number of hydrogen-bond donors (Lipinski definition) is 1. The summed E-state index contributed by atoms with van der Waals surface area (Å²) >= 11 is 0. The molecule has 0 aromatic heterocycles. The number of nitrogens with zero attached hydrogens (tertiary/aromatic N) is 1. The van der Waals surface area contributed by atoms with Crippen LogP contribution in [0.4, 0.5) is 4.79 Å². The first kappa shape index (κ1) is 14.6. The van der Waals surface area contributed by atoms with Crippen LogP contribution in [0.3, 0.4) is 0 Å². The smallest absolute Gasteiger partial charge is 0.410 e. The molecule has 0 atom stereocenters. The third kappa shape index (κ3) is 3.39. The Morgan fingerprint density at radius 2 is 1.89 bits per heavy atom. The monoisotopic (exact) mass is 270 g/mol. The lowest BCUT2D eigenvalue weighted by Crippen LogP contribution is -2.73. The van der Waals surface area contributed by atoms with Crippen LogP contribution in [0.25, 0.3) is 0 Å². The fourth-order valence-electron chi connectivity index (χ4n) is 3.16. The molecule has 3 aliphatic carbocycles. The van der Waals surface area contributed by atoms with Crippen molar-refractivity contribution in [3.63, 3.8) is 0 Å².